The number of halogens is 1. The van der Waals surface area contributed by atoms with Crippen LogP contribution in [0.2, 0.25) is 5.02 Å². The molecule has 0 saturated carbocycles. The van der Waals surface area contributed by atoms with Crippen LogP contribution in [0.4, 0.5) is 0 Å². The monoisotopic (exact) mass is 490 g/mol. The van der Waals surface area contributed by atoms with Crippen molar-refractivity contribution in [1.82, 2.24) is 4.90 Å². The third kappa shape index (κ3) is 7.00. The van der Waals surface area contributed by atoms with Crippen LogP contribution in [-0.4, -0.2) is 59.0 Å². The van der Waals surface area contributed by atoms with Crippen LogP contribution in [0.1, 0.15) is 54.9 Å². The molecule has 1 aromatic carbocycles. The number of rotatable bonds is 3. The third-order valence-electron chi connectivity index (χ3n) is 5.76. The Hall–Kier alpha value is -3.00. The number of oxime groups is 1. The number of allylic oxidation sites excluding steroid dienone is 3. The second-order valence-corrected chi connectivity index (χ2v) is 8.96. The molecule has 0 aliphatic carbocycles. The number of benzene rings is 1. The molecule has 184 valence electrons. The van der Waals surface area contributed by atoms with E-state index in [9.17, 15) is 19.8 Å². The smallest absolute Gasteiger partial charge is 0.342 e. The summed E-state index contributed by atoms with van der Waals surface area (Å²) in [5, 5.41) is 24.5. The molecule has 1 unspecified atom stereocenters. The second kappa shape index (κ2) is 12.5. The average Bonchev–Trinajstić information content (AvgIpc) is 2.80. The van der Waals surface area contributed by atoms with Gasteiger partial charge in [-0.1, -0.05) is 41.9 Å². The zero-order chi connectivity index (χ0) is 24.5. The number of carbonyl (C=O) groups is 2. The Morgan fingerprint density at radius 1 is 1.24 bits per heavy atom. The zero-order valence-corrected chi connectivity index (χ0v) is 20.1. The molecule has 1 fully saturated rings. The quantitative estimate of drug-likeness (QED) is 0.370. The largest absolute Gasteiger partial charge is 0.507 e. The standard InChI is InChI=1S/C25H31ClN2O6/c1-17-9-8-11-28(15-17)22(31)16-34-27-18-10-6-4-2-3-5-7-12-33-25(32)23-19(13-18)24(26)21(30)14-20(23)29/h3,5-6,10,14,17,29-30H,2,4,7-9,11-13,15-16H2,1H3. The first kappa shape index (κ1) is 25.6. The summed E-state index contributed by atoms with van der Waals surface area (Å²) in [5.41, 5.74) is 0.407. The van der Waals surface area contributed by atoms with Crippen molar-refractivity contribution in [1.29, 1.82) is 0 Å². The number of hydrogen-bond acceptors (Lipinski definition) is 7. The summed E-state index contributed by atoms with van der Waals surface area (Å²) >= 11 is 6.30. The number of phenols is 2. The van der Waals surface area contributed by atoms with Crippen molar-refractivity contribution < 1.29 is 29.4 Å². The van der Waals surface area contributed by atoms with E-state index >= 15 is 0 Å². The number of aromatic hydroxyl groups is 2. The van der Waals surface area contributed by atoms with Crippen molar-refractivity contribution in [3.8, 4) is 11.5 Å². The van der Waals surface area contributed by atoms with Crippen LogP contribution in [0.5, 0.6) is 11.5 Å². The molecule has 1 atom stereocenters. The minimum Gasteiger partial charge on any atom is -0.507 e. The molecule has 3 rings (SSSR count). The molecule has 0 radical (unpaired) electrons. The van der Waals surface area contributed by atoms with Crippen molar-refractivity contribution in [2.24, 2.45) is 11.1 Å². The Morgan fingerprint density at radius 2 is 2.00 bits per heavy atom. The SMILES string of the molecule is CC1CCCN(C(=O)CON=C2C=CCCC=CCCOC(=O)c3c(O)cc(O)c(Cl)c3C2)C1. The lowest BCUT2D eigenvalue weighted by atomic mass is 9.99. The fourth-order valence-corrected chi connectivity index (χ4v) is 4.21. The zero-order valence-electron chi connectivity index (χ0n) is 19.3. The van der Waals surface area contributed by atoms with Gasteiger partial charge in [-0.2, -0.15) is 0 Å². The highest BCUT2D eigenvalue weighted by molar-refractivity contribution is 6.33. The highest BCUT2D eigenvalue weighted by Crippen LogP contribution is 2.37. The van der Waals surface area contributed by atoms with Crippen molar-refractivity contribution in [2.45, 2.75) is 45.4 Å². The van der Waals surface area contributed by atoms with E-state index in [4.69, 9.17) is 21.2 Å². The lowest BCUT2D eigenvalue weighted by molar-refractivity contribution is -0.137. The Bertz CT molecular complexity index is 988. The number of piperidine rings is 1. The highest BCUT2D eigenvalue weighted by Gasteiger charge is 2.25. The van der Waals surface area contributed by atoms with Crippen LogP contribution in [-0.2, 0) is 20.8 Å². The molecule has 1 saturated heterocycles. The Labute approximate surface area is 204 Å². The van der Waals surface area contributed by atoms with Gasteiger partial charge in [-0.25, -0.2) is 4.79 Å². The molecule has 0 bridgehead atoms. The third-order valence-corrected chi connectivity index (χ3v) is 6.18. The van der Waals surface area contributed by atoms with E-state index < -0.39 is 11.7 Å². The maximum Gasteiger partial charge on any atom is 0.342 e. The van der Waals surface area contributed by atoms with E-state index in [1.54, 1.807) is 11.0 Å². The summed E-state index contributed by atoms with van der Waals surface area (Å²) in [5.74, 6) is -1.24. The molecule has 1 aromatic rings. The van der Waals surface area contributed by atoms with Crippen LogP contribution in [0.3, 0.4) is 0 Å². The molecule has 2 aliphatic heterocycles. The summed E-state index contributed by atoms with van der Waals surface area (Å²) in [4.78, 5) is 32.4. The summed E-state index contributed by atoms with van der Waals surface area (Å²) in [6.45, 7) is 3.47. The van der Waals surface area contributed by atoms with Gasteiger partial charge < -0.3 is 24.7 Å². The number of phenolic OH excluding ortho intramolecular Hbond substituents is 2. The van der Waals surface area contributed by atoms with E-state index in [1.165, 1.54) is 0 Å². The van der Waals surface area contributed by atoms with E-state index in [2.05, 4.69) is 12.1 Å². The Morgan fingerprint density at radius 3 is 2.79 bits per heavy atom. The molecule has 2 aliphatic rings. The van der Waals surface area contributed by atoms with Crippen LogP contribution < -0.4 is 0 Å². The molecule has 2 heterocycles. The van der Waals surface area contributed by atoms with Gasteiger partial charge in [0.15, 0.2) is 6.61 Å². The van der Waals surface area contributed by atoms with Crippen LogP contribution >= 0.6 is 11.6 Å². The van der Waals surface area contributed by atoms with Crippen LogP contribution in [0, 0.1) is 5.92 Å². The molecule has 1 amide bonds. The number of amides is 1. The van der Waals surface area contributed by atoms with Crippen molar-refractivity contribution >= 4 is 29.2 Å². The number of ether oxygens (including phenoxy) is 1. The highest BCUT2D eigenvalue weighted by atomic mass is 35.5. The normalized spacial score (nSPS) is 21.0. The molecular weight excluding hydrogens is 460 g/mol. The maximum atomic E-state index is 12.7. The number of esters is 1. The lowest BCUT2D eigenvalue weighted by Gasteiger charge is -2.30. The van der Waals surface area contributed by atoms with Gasteiger partial charge in [-0.15, -0.1) is 0 Å². The fraction of sp³-hybridized carbons (Fsp3) is 0.480. The van der Waals surface area contributed by atoms with E-state index in [-0.39, 0.29) is 47.4 Å². The molecule has 34 heavy (non-hydrogen) atoms. The van der Waals surface area contributed by atoms with Crippen LogP contribution in [0.25, 0.3) is 0 Å². The first-order valence-electron chi connectivity index (χ1n) is 11.6. The lowest BCUT2D eigenvalue weighted by Crippen LogP contribution is -2.40. The van der Waals surface area contributed by atoms with E-state index in [0.29, 0.717) is 31.1 Å². The number of nitrogens with zero attached hydrogens (tertiary/aromatic N) is 2. The number of carbonyl (C=O) groups excluding carboxylic acids is 2. The summed E-state index contributed by atoms with van der Waals surface area (Å²) in [6, 6.07) is 1.01. The summed E-state index contributed by atoms with van der Waals surface area (Å²) in [6.07, 6.45) is 11.7. The first-order chi connectivity index (χ1) is 16.4. The molecule has 9 heteroatoms. The molecule has 8 nitrogen and oxygen atoms in total. The van der Waals surface area contributed by atoms with E-state index in [0.717, 1.165) is 31.7 Å². The fourth-order valence-electron chi connectivity index (χ4n) is 4.00. The number of cyclic esters (lactones) is 1. The summed E-state index contributed by atoms with van der Waals surface area (Å²) < 4.78 is 5.28. The van der Waals surface area contributed by atoms with Crippen LogP contribution in [0.15, 0.2) is 35.5 Å². The second-order valence-electron chi connectivity index (χ2n) is 8.58. The average molecular weight is 491 g/mol. The van der Waals surface area contributed by atoms with Crippen molar-refractivity contribution in [3.05, 3.63) is 46.5 Å². The predicted octanol–water partition coefficient (Wildman–Crippen LogP) is 4.38. The predicted molar refractivity (Wildman–Crippen MR) is 129 cm³/mol. The number of hydrogen-bond donors (Lipinski definition) is 2. The Kier molecular flexibility index (Phi) is 9.39. The van der Waals surface area contributed by atoms with Gasteiger partial charge in [0.05, 0.1) is 17.3 Å². The van der Waals surface area contributed by atoms with E-state index in [1.807, 2.05) is 18.2 Å². The van der Waals surface area contributed by atoms with Gasteiger partial charge >= 0.3 is 5.97 Å². The summed E-state index contributed by atoms with van der Waals surface area (Å²) in [7, 11) is 0. The van der Waals surface area contributed by atoms with Crippen molar-refractivity contribution in [2.75, 3.05) is 26.3 Å². The van der Waals surface area contributed by atoms with Gasteiger partial charge in [-0.3, -0.25) is 4.79 Å². The van der Waals surface area contributed by atoms with Gasteiger partial charge in [0.25, 0.3) is 5.91 Å². The number of fused-ring (bicyclic) bond motifs is 1. The molecule has 2 N–H and O–H groups in total. The van der Waals surface area contributed by atoms with Gasteiger partial charge in [-0.05, 0) is 49.7 Å². The van der Waals surface area contributed by atoms with Gasteiger partial charge in [0, 0.05) is 25.6 Å². The minimum atomic E-state index is -0.751. The molecular formula is C25H31ClN2O6. The van der Waals surface area contributed by atoms with Gasteiger partial charge in [0.1, 0.15) is 17.1 Å². The molecule has 0 aromatic heterocycles. The first-order valence-corrected chi connectivity index (χ1v) is 11.9. The topological polar surface area (TPSA) is 109 Å². The molecule has 0 spiro atoms. The maximum absolute atomic E-state index is 12.7. The minimum absolute atomic E-state index is 0.0213. The van der Waals surface area contributed by atoms with Crippen molar-refractivity contribution in [3.63, 3.8) is 0 Å². The Balaban J connectivity index is 1.85. The van der Waals surface area contributed by atoms with Gasteiger partial charge in [0.2, 0.25) is 0 Å². The number of likely N-dealkylation sites (tertiary alicyclic amines) is 1.